The predicted octanol–water partition coefficient (Wildman–Crippen LogP) is 6.17. The first kappa shape index (κ1) is 44.4. The summed E-state index contributed by atoms with van der Waals surface area (Å²) < 4.78 is 53.8. The van der Waals surface area contributed by atoms with Gasteiger partial charge in [0.1, 0.15) is 34.2 Å². The summed E-state index contributed by atoms with van der Waals surface area (Å²) in [7, 11) is 4.16. The molecular weight excluding hydrogens is 897 g/mol. The molecule has 6 aromatic rings. The van der Waals surface area contributed by atoms with Crippen molar-refractivity contribution in [1.82, 2.24) is 40.1 Å². The molecule has 2 saturated heterocycles. The molecule has 4 aromatic heterocycles. The van der Waals surface area contributed by atoms with E-state index in [0.717, 1.165) is 80.8 Å². The second-order valence-electron chi connectivity index (χ2n) is 15.8. The Bertz CT molecular complexity index is 2640. The molecule has 334 valence electrons. The fourth-order valence-electron chi connectivity index (χ4n) is 7.59. The lowest BCUT2D eigenvalue weighted by molar-refractivity contribution is -0.137. The van der Waals surface area contributed by atoms with Crippen LogP contribution >= 0.6 is 15.9 Å². The molecule has 16 nitrogen and oxygen atoms in total. The molecule has 20 heteroatoms. The van der Waals surface area contributed by atoms with E-state index in [0.29, 0.717) is 51.4 Å². The number of carbonyl (C=O) groups is 2. The van der Waals surface area contributed by atoms with Gasteiger partial charge in [0.2, 0.25) is 24.1 Å². The number of fused-ring (bicyclic) bond motifs is 2. The molecule has 2 unspecified atom stereocenters. The van der Waals surface area contributed by atoms with Gasteiger partial charge in [-0.2, -0.15) is 13.2 Å². The van der Waals surface area contributed by atoms with Crippen LogP contribution in [0.3, 0.4) is 0 Å². The number of halogens is 4. The van der Waals surface area contributed by atoms with E-state index in [4.69, 9.17) is 24.4 Å². The topological polar surface area (TPSA) is 176 Å². The first-order valence-electron chi connectivity index (χ1n) is 20.7. The standard InChI is InChI=1S/C44H46BrF3N12O4/c1-25-36-32(52-42(50-25)59-21-17-29(18-22-59)58(3)4)13-15-34(54-36)56-40(61)38(63-30-9-5-27(6-10-30)44(46,47)48)39(64-31-11-7-28(45)8-12-31)41(62)57-35-16-14-33-37(55-35)26(2)51-43(53-33)60-23-19-49-20-24-60/h5-16,29,38-39,49H,17-24H2,1-4H3,(H,54,56,61)(H,55,57,62). The number of anilines is 4. The van der Waals surface area contributed by atoms with Crippen molar-refractivity contribution < 1.29 is 32.2 Å². The second kappa shape index (κ2) is 18.8. The number of aromatic nitrogens is 6. The minimum Gasteiger partial charge on any atom is -0.476 e. The fourth-order valence-corrected chi connectivity index (χ4v) is 7.85. The van der Waals surface area contributed by atoms with E-state index in [1.165, 1.54) is 0 Å². The van der Waals surface area contributed by atoms with E-state index >= 15 is 0 Å². The molecule has 0 bridgehead atoms. The highest BCUT2D eigenvalue weighted by atomic mass is 79.9. The molecule has 6 heterocycles. The number of nitrogens with one attached hydrogen (secondary N) is 3. The average Bonchev–Trinajstić information content (AvgIpc) is 3.28. The normalized spacial score (nSPS) is 15.9. The maximum atomic E-state index is 14.5. The molecule has 2 amide bonds. The Morgan fingerprint density at radius 1 is 0.688 bits per heavy atom. The number of hydrogen-bond donors (Lipinski definition) is 3. The molecule has 64 heavy (non-hydrogen) atoms. The van der Waals surface area contributed by atoms with Crippen LogP contribution in [0.5, 0.6) is 11.5 Å². The van der Waals surface area contributed by atoms with Gasteiger partial charge in [0, 0.05) is 49.8 Å². The average molecular weight is 944 g/mol. The lowest BCUT2D eigenvalue weighted by Gasteiger charge is -2.35. The largest absolute Gasteiger partial charge is 0.476 e. The number of pyridine rings is 2. The Kier molecular flexibility index (Phi) is 13.1. The number of alkyl halides is 3. The van der Waals surface area contributed by atoms with Crippen LogP contribution in [0.1, 0.15) is 29.8 Å². The van der Waals surface area contributed by atoms with Crippen molar-refractivity contribution >= 4 is 73.3 Å². The first-order valence-corrected chi connectivity index (χ1v) is 21.5. The van der Waals surface area contributed by atoms with Crippen molar-refractivity contribution in [3.05, 3.63) is 94.2 Å². The zero-order valence-electron chi connectivity index (χ0n) is 35.5. The summed E-state index contributed by atoms with van der Waals surface area (Å²) in [5.74, 6) is -0.341. The summed E-state index contributed by atoms with van der Waals surface area (Å²) in [5, 5.41) is 8.80. The summed E-state index contributed by atoms with van der Waals surface area (Å²) in [4.78, 5) is 63.7. The number of hydrogen-bond acceptors (Lipinski definition) is 14. The van der Waals surface area contributed by atoms with E-state index in [2.05, 4.69) is 75.6 Å². The number of benzene rings is 2. The Morgan fingerprint density at radius 2 is 1.14 bits per heavy atom. The number of piperazine rings is 1. The summed E-state index contributed by atoms with van der Waals surface area (Å²) in [6.07, 6.45) is -6.24. The highest BCUT2D eigenvalue weighted by Gasteiger charge is 2.39. The third-order valence-corrected chi connectivity index (χ3v) is 11.6. The van der Waals surface area contributed by atoms with Gasteiger partial charge in [0.15, 0.2) is 0 Å². The number of nitrogens with zero attached hydrogens (tertiary/aromatic N) is 9. The number of aryl methyl sites for hydroxylation is 2. The van der Waals surface area contributed by atoms with Crippen LogP contribution in [-0.4, -0.2) is 118 Å². The molecule has 0 aliphatic carbocycles. The van der Waals surface area contributed by atoms with Gasteiger partial charge < -0.3 is 40.1 Å². The third-order valence-electron chi connectivity index (χ3n) is 11.1. The number of carbonyl (C=O) groups excluding carboxylic acids is 2. The quantitative estimate of drug-likeness (QED) is 0.127. The van der Waals surface area contributed by atoms with Crippen LogP contribution in [0.4, 0.5) is 36.7 Å². The van der Waals surface area contributed by atoms with Gasteiger partial charge in [0.05, 0.1) is 28.0 Å². The summed E-state index contributed by atoms with van der Waals surface area (Å²) >= 11 is 3.40. The van der Waals surface area contributed by atoms with Crippen molar-refractivity contribution in [3.8, 4) is 11.5 Å². The Hall–Kier alpha value is -6.25. The fraction of sp³-hybridized carbons (Fsp3) is 0.364. The van der Waals surface area contributed by atoms with Crippen LogP contribution in [0.25, 0.3) is 22.1 Å². The van der Waals surface area contributed by atoms with Crippen molar-refractivity contribution in [2.24, 2.45) is 0 Å². The molecule has 2 aliphatic heterocycles. The van der Waals surface area contributed by atoms with Gasteiger partial charge in [-0.1, -0.05) is 15.9 Å². The molecule has 2 aliphatic rings. The smallest absolute Gasteiger partial charge is 0.416 e. The predicted molar refractivity (Wildman–Crippen MR) is 240 cm³/mol. The van der Waals surface area contributed by atoms with Crippen molar-refractivity contribution in [2.75, 3.05) is 73.8 Å². The summed E-state index contributed by atoms with van der Waals surface area (Å²) in [6, 6.07) is 17.3. The third kappa shape index (κ3) is 10.2. The molecule has 0 radical (unpaired) electrons. The minimum atomic E-state index is -4.63. The number of rotatable bonds is 12. The molecule has 2 aromatic carbocycles. The van der Waals surface area contributed by atoms with Crippen LogP contribution in [0.2, 0.25) is 0 Å². The highest BCUT2D eigenvalue weighted by molar-refractivity contribution is 9.10. The zero-order valence-corrected chi connectivity index (χ0v) is 37.1. The van der Waals surface area contributed by atoms with Gasteiger partial charge in [0.25, 0.3) is 11.8 Å². The number of amides is 2. The SMILES string of the molecule is Cc1nc(N2CCNCC2)nc2ccc(NC(=O)C(Oc3ccc(Br)cc3)C(Oc3ccc(C(F)(F)F)cc3)C(=O)Nc3ccc4nc(N5CCC(N(C)C)CC5)nc(C)c4n3)nc12. The highest BCUT2D eigenvalue weighted by Crippen LogP contribution is 2.32. The van der Waals surface area contributed by atoms with E-state index in [-0.39, 0.29) is 23.1 Å². The van der Waals surface area contributed by atoms with E-state index in [1.54, 1.807) is 62.4 Å². The maximum Gasteiger partial charge on any atom is 0.416 e. The molecule has 2 fully saturated rings. The van der Waals surface area contributed by atoms with Crippen molar-refractivity contribution in [1.29, 1.82) is 0 Å². The molecule has 0 spiro atoms. The molecule has 0 saturated carbocycles. The van der Waals surface area contributed by atoms with E-state index in [9.17, 15) is 22.8 Å². The van der Waals surface area contributed by atoms with Crippen molar-refractivity contribution in [3.63, 3.8) is 0 Å². The van der Waals surface area contributed by atoms with Gasteiger partial charge in [-0.3, -0.25) is 9.59 Å². The van der Waals surface area contributed by atoms with Crippen LogP contribution < -0.4 is 35.2 Å². The van der Waals surface area contributed by atoms with Crippen molar-refractivity contribution in [2.45, 2.75) is 51.1 Å². The maximum absolute atomic E-state index is 14.5. The van der Waals surface area contributed by atoms with Crippen LogP contribution in [-0.2, 0) is 15.8 Å². The first-order chi connectivity index (χ1) is 30.7. The molecule has 2 atom stereocenters. The lowest BCUT2D eigenvalue weighted by Crippen LogP contribution is -2.51. The van der Waals surface area contributed by atoms with Gasteiger partial charge in [-0.15, -0.1) is 0 Å². The summed E-state index contributed by atoms with van der Waals surface area (Å²) in [6.45, 7) is 8.32. The zero-order chi connectivity index (χ0) is 45.1. The molecule has 8 rings (SSSR count). The molecular formula is C44H46BrF3N12O4. The van der Waals surface area contributed by atoms with Gasteiger partial charge in [-0.25, -0.2) is 29.9 Å². The monoisotopic (exact) mass is 942 g/mol. The van der Waals surface area contributed by atoms with Crippen LogP contribution in [0.15, 0.2) is 77.3 Å². The van der Waals surface area contributed by atoms with E-state index in [1.807, 2.05) is 0 Å². The van der Waals surface area contributed by atoms with Crippen LogP contribution in [0, 0.1) is 13.8 Å². The Morgan fingerprint density at radius 3 is 1.59 bits per heavy atom. The summed E-state index contributed by atoms with van der Waals surface area (Å²) in [5.41, 5.74) is 2.25. The van der Waals surface area contributed by atoms with E-state index < -0.39 is 35.8 Å². The Labute approximate surface area is 375 Å². The second-order valence-corrected chi connectivity index (χ2v) is 16.7. The molecule has 3 N–H and O–H groups in total. The Balaban J connectivity index is 1.10. The number of piperidine rings is 1. The lowest BCUT2D eigenvalue weighted by atomic mass is 10.0. The van der Waals surface area contributed by atoms with Gasteiger partial charge >= 0.3 is 6.18 Å². The minimum absolute atomic E-state index is 0.0828. The van der Waals surface area contributed by atoms with Gasteiger partial charge in [-0.05, 0) is 114 Å². The number of ether oxygens (including phenoxy) is 2.